The Kier molecular flexibility index (Phi) is 5.76. The number of aryl methyl sites for hydroxylation is 1. The summed E-state index contributed by atoms with van der Waals surface area (Å²) in [5, 5.41) is 3.42. The second kappa shape index (κ2) is 8.42. The molecule has 2 aromatic rings. The maximum Gasteiger partial charge on any atom is 0.233 e. The van der Waals surface area contributed by atoms with Crippen LogP contribution in [-0.4, -0.2) is 41.1 Å². The van der Waals surface area contributed by atoms with Crippen molar-refractivity contribution >= 4 is 39.5 Å². The molecule has 2 saturated heterocycles. The van der Waals surface area contributed by atoms with E-state index < -0.39 is 0 Å². The molecule has 2 aliphatic heterocycles. The summed E-state index contributed by atoms with van der Waals surface area (Å²) >= 11 is 3.53. The first kappa shape index (κ1) is 18.5. The minimum Gasteiger partial charge on any atom is -0.341 e. The molecule has 0 saturated carbocycles. The van der Waals surface area contributed by atoms with Gasteiger partial charge in [-0.3, -0.25) is 0 Å². The Morgan fingerprint density at radius 2 is 1.37 bits per heavy atom. The minimum atomic E-state index is 0.636. The molecule has 4 rings (SSSR count). The number of hydrogen-bond donors (Lipinski definition) is 1. The monoisotopic (exact) mass is 430 g/mol. The number of rotatable bonds is 4. The quantitative estimate of drug-likeness (QED) is 0.760. The van der Waals surface area contributed by atoms with Crippen LogP contribution in [0.2, 0.25) is 0 Å². The topological polar surface area (TPSA) is 57.2 Å². The average Bonchev–Trinajstić information content (AvgIpc) is 2.71. The van der Waals surface area contributed by atoms with E-state index in [1.165, 1.54) is 38.5 Å². The summed E-state index contributed by atoms with van der Waals surface area (Å²) in [5.74, 6) is 2.25. The van der Waals surface area contributed by atoms with Gasteiger partial charge in [-0.25, -0.2) is 0 Å². The molecule has 1 N–H and O–H groups in total. The summed E-state index contributed by atoms with van der Waals surface area (Å²) in [5.41, 5.74) is 2.18. The Hall–Kier alpha value is -1.89. The van der Waals surface area contributed by atoms with Crippen LogP contribution in [-0.2, 0) is 0 Å². The maximum atomic E-state index is 4.84. The lowest BCUT2D eigenvalue weighted by Crippen LogP contribution is -2.34. The van der Waals surface area contributed by atoms with Crippen molar-refractivity contribution in [3.05, 3.63) is 28.2 Å². The molecule has 2 aliphatic rings. The van der Waals surface area contributed by atoms with Gasteiger partial charge in [0.2, 0.25) is 17.8 Å². The van der Waals surface area contributed by atoms with E-state index in [9.17, 15) is 0 Å². The van der Waals surface area contributed by atoms with E-state index in [1.807, 2.05) is 6.07 Å². The molecule has 3 heterocycles. The van der Waals surface area contributed by atoms with E-state index in [0.717, 1.165) is 53.8 Å². The van der Waals surface area contributed by atoms with Gasteiger partial charge in [-0.2, -0.15) is 15.0 Å². The second-order valence-corrected chi connectivity index (χ2v) is 8.35. The van der Waals surface area contributed by atoms with Gasteiger partial charge < -0.3 is 15.1 Å². The fourth-order valence-electron chi connectivity index (χ4n) is 3.77. The molecule has 0 bridgehead atoms. The molecule has 144 valence electrons. The maximum absolute atomic E-state index is 4.84. The van der Waals surface area contributed by atoms with Crippen LogP contribution in [0.3, 0.4) is 0 Å². The summed E-state index contributed by atoms with van der Waals surface area (Å²) < 4.78 is 1.07. The largest absolute Gasteiger partial charge is 0.341 e. The lowest BCUT2D eigenvalue weighted by atomic mass is 10.1. The average molecular weight is 431 g/mol. The number of benzene rings is 1. The molecular formula is C20H27BrN6. The fraction of sp³-hybridized carbons (Fsp3) is 0.550. The number of piperidine rings is 2. The number of nitrogens with one attached hydrogen (secondary N) is 1. The van der Waals surface area contributed by atoms with Gasteiger partial charge >= 0.3 is 0 Å². The number of nitrogens with zero attached hydrogens (tertiary/aromatic N) is 5. The number of halogens is 1. The normalized spacial score (nSPS) is 17.9. The zero-order chi connectivity index (χ0) is 18.6. The molecule has 0 unspecified atom stereocenters. The first-order valence-corrected chi connectivity index (χ1v) is 10.8. The Labute approximate surface area is 169 Å². The molecule has 0 spiro atoms. The standard InChI is InChI=1S/C20H27BrN6/c1-15-14-16(21)8-9-17(15)22-18-23-19(26-10-4-2-5-11-26)25-20(24-18)27-12-6-3-7-13-27/h8-9,14H,2-7,10-13H2,1H3,(H,22,23,24,25). The highest BCUT2D eigenvalue weighted by molar-refractivity contribution is 9.10. The molecule has 0 radical (unpaired) electrons. The van der Waals surface area contributed by atoms with Crippen molar-refractivity contribution < 1.29 is 0 Å². The molecule has 1 aromatic carbocycles. The molecule has 0 aliphatic carbocycles. The van der Waals surface area contributed by atoms with Gasteiger partial charge in [0.1, 0.15) is 0 Å². The fourth-order valence-corrected chi connectivity index (χ4v) is 4.24. The second-order valence-electron chi connectivity index (χ2n) is 7.44. The zero-order valence-corrected chi connectivity index (χ0v) is 17.5. The van der Waals surface area contributed by atoms with E-state index in [0.29, 0.717) is 5.95 Å². The van der Waals surface area contributed by atoms with Gasteiger partial charge in [-0.1, -0.05) is 15.9 Å². The molecule has 0 amide bonds. The molecule has 1 aromatic heterocycles. The van der Waals surface area contributed by atoms with Gasteiger partial charge in [0, 0.05) is 36.3 Å². The summed E-state index contributed by atoms with van der Waals surface area (Å²) in [6, 6.07) is 6.19. The Bertz CT molecular complexity index is 748. The third kappa shape index (κ3) is 4.51. The molecule has 27 heavy (non-hydrogen) atoms. The van der Waals surface area contributed by atoms with E-state index in [4.69, 9.17) is 15.0 Å². The third-order valence-corrected chi connectivity index (χ3v) is 5.82. The van der Waals surface area contributed by atoms with Crippen LogP contribution < -0.4 is 15.1 Å². The van der Waals surface area contributed by atoms with Crippen molar-refractivity contribution in [3.8, 4) is 0 Å². The molecular weight excluding hydrogens is 404 g/mol. The SMILES string of the molecule is Cc1cc(Br)ccc1Nc1nc(N2CCCCC2)nc(N2CCCCC2)n1. The van der Waals surface area contributed by atoms with Crippen molar-refractivity contribution in [1.29, 1.82) is 0 Å². The molecule has 2 fully saturated rings. The van der Waals surface area contributed by atoms with E-state index >= 15 is 0 Å². The van der Waals surface area contributed by atoms with Gasteiger partial charge in [-0.15, -0.1) is 0 Å². The number of anilines is 4. The predicted octanol–water partition coefficient (Wildman–Crippen LogP) is 4.67. The first-order chi connectivity index (χ1) is 13.2. The van der Waals surface area contributed by atoms with Crippen molar-refractivity contribution in [2.75, 3.05) is 41.3 Å². The highest BCUT2D eigenvalue weighted by Gasteiger charge is 2.20. The van der Waals surface area contributed by atoms with Crippen molar-refractivity contribution in [3.63, 3.8) is 0 Å². The Morgan fingerprint density at radius 3 is 1.89 bits per heavy atom. The molecule has 0 atom stereocenters. The van der Waals surface area contributed by atoms with Gasteiger partial charge in [0.25, 0.3) is 0 Å². The molecule has 6 nitrogen and oxygen atoms in total. The summed E-state index contributed by atoms with van der Waals surface area (Å²) in [7, 11) is 0. The summed E-state index contributed by atoms with van der Waals surface area (Å²) in [6.45, 7) is 6.20. The van der Waals surface area contributed by atoms with Gasteiger partial charge in [-0.05, 0) is 69.2 Å². The van der Waals surface area contributed by atoms with Crippen LogP contribution in [0.15, 0.2) is 22.7 Å². The first-order valence-electron chi connectivity index (χ1n) is 9.98. The highest BCUT2D eigenvalue weighted by atomic mass is 79.9. The number of aromatic nitrogens is 3. The van der Waals surface area contributed by atoms with Crippen LogP contribution in [0, 0.1) is 6.92 Å². The Balaban J connectivity index is 1.65. The van der Waals surface area contributed by atoms with Crippen LogP contribution in [0.5, 0.6) is 0 Å². The van der Waals surface area contributed by atoms with Gasteiger partial charge in [0.15, 0.2) is 0 Å². The predicted molar refractivity (Wildman–Crippen MR) is 114 cm³/mol. The third-order valence-electron chi connectivity index (χ3n) is 5.32. The van der Waals surface area contributed by atoms with Gasteiger partial charge in [0.05, 0.1) is 0 Å². The van der Waals surface area contributed by atoms with E-state index in [2.05, 4.69) is 50.1 Å². The van der Waals surface area contributed by atoms with Crippen molar-refractivity contribution in [2.24, 2.45) is 0 Å². The van der Waals surface area contributed by atoms with Crippen LogP contribution in [0.25, 0.3) is 0 Å². The van der Waals surface area contributed by atoms with E-state index in [-0.39, 0.29) is 0 Å². The van der Waals surface area contributed by atoms with Crippen molar-refractivity contribution in [1.82, 2.24) is 15.0 Å². The lowest BCUT2D eigenvalue weighted by molar-refractivity contribution is 0.556. The van der Waals surface area contributed by atoms with Crippen LogP contribution in [0.4, 0.5) is 23.5 Å². The van der Waals surface area contributed by atoms with Crippen LogP contribution in [0.1, 0.15) is 44.1 Å². The summed E-state index contributed by atoms with van der Waals surface area (Å²) in [6.07, 6.45) is 7.42. The van der Waals surface area contributed by atoms with Crippen molar-refractivity contribution in [2.45, 2.75) is 45.4 Å². The zero-order valence-electron chi connectivity index (χ0n) is 15.9. The highest BCUT2D eigenvalue weighted by Crippen LogP contribution is 2.26. The van der Waals surface area contributed by atoms with Crippen LogP contribution >= 0.6 is 15.9 Å². The smallest absolute Gasteiger partial charge is 0.233 e. The summed E-state index contributed by atoms with van der Waals surface area (Å²) in [4.78, 5) is 19.0. The lowest BCUT2D eigenvalue weighted by Gasteiger charge is -2.30. The molecule has 7 heteroatoms. The number of hydrogen-bond acceptors (Lipinski definition) is 6. The van der Waals surface area contributed by atoms with E-state index in [1.54, 1.807) is 0 Å². The minimum absolute atomic E-state index is 0.636. The Morgan fingerprint density at radius 1 is 0.815 bits per heavy atom.